The molecule has 24 heavy (non-hydrogen) atoms. The van der Waals surface area contributed by atoms with E-state index in [0.717, 1.165) is 16.1 Å². The van der Waals surface area contributed by atoms with Gasteiger partial charge in [0.05, 0.1) is 6.54 Å². The maximum Gasteiger partial charge on any atom is 0.250 e. The number of amides is 1. The zero-order valence-electron chi connectivity index (χ0n) is 13.4. The van der Waals surface area contributed by atoms with Gasteiger partial charge in [0, 0.05) is 36.8 Å². The van der Waals surface area contributed by atoms with Gasteiger partial charge < -0.3 is 4.90 Å². The number of carbonyl (C=O) groups excluding carboxylic acids is 1. The predicted octanol–water partition coefficient (Wildman–Crippen LogP) is 1.23. The molecule has 3 rings (SSSR count). The van der Waals surface area contributed by atoms with Crippen LogP contribution in [0.5, 0.6) is 0 Å². The fourth-order valence-corrected chi connectivity index (χ4v) is 5.09. The van der Waals surface area contributed by atoms with Crippen molar-refractivity contribution in [1.82, 2.24) is 19.6 Å². The number of aryl methyl sites for hydroxylation is 1. The molecule has 2 aromatic rings. The molecule has 1 aliphatic heterocycles. The van der Waals surface area contributed by atoms with Crippen molar-refractivity contribution < 1.29 is 13.2 Å². The van der Waals surface area contributed by atoms with Crippen LogP contribution >= 0.6 is 11.3 Å². The average molecular weight is 366 g/mol. The first-order chi connectivity index (χ1) is 11.3. The second kappa shape index (κ2) is 6.58. The van der Waals surface area contributed by atoms with Crippen LogP contribution in [0.2, 0.25) is 0 Å². The Morgan fingerprint density at radius 3 is 2.96 bits per heavy atom. The van der Waals surface area contributed by atoms with Crippen molar-refractivity contribution >= 4 is 27.3 Å². The second-order valence-electron chi connectivity index (χ2n) is 5.64. The molecule has 0 fully saturated rings. The van der Waals surface area contributed by atoms with E-state index in [2.05, 4.69) is 14.7 Å². The van der Waals surface area contributed by atoms with Gasteiger partial charge in [0.25, 0.3) is 0 Å². The third-order valence-electron chi connectivity index (χ3n) is 3.82. The molecule has 1 aliphatic rings. The summed E-state index contributed by atoms with van der Waals surface area (Å²) >= 11 is 1.27. The second-order valence-corrected chi connectivity index (χ2v) is 8.77. The summed E-state index contributed by atoms with van der Waals surface area (Å²) in [7, 11) is -3.62. The molecule has 128 valence electrons. The van der Waals surface area contributed by atoms with E-state index in [-0.39, 0.29) is 16.7 Å². The minimum absolute atomic E-state index is 0.00554. The molecule has 0 saturated carbocycles. The van der Waals surface area contributed by atoms with Crippen molar-refractivity contribution in [1.29, 1.82) is 0 Å². The molecule has 0 aliphatic carbocycles. The molecule has 9 heteroatoms. The topological polar surface area (TPSA) is 92.3 Å². The van der Waals surface area contributed by atoms with Gasteiger partial charge in [-0.2, -0.15) is 0 Å². The summed E-state index contributed by atoms with van der Waals surface area (Å²) in [6.07, 6.45) is 2.29. The highest BCUT2D eigenvalue weighted by Crippen LogP contribution is 2.31. The summed E-state index contributed by atoms with van der Waals surface area (Å²) in [6, 6.07) is 3.42. The molecule has 0 atom stereocenters. The quantitative estimate of drug-likeness (QED) is 0.879. The van der Waals surface area contributed by atoms with Gasteiger partial charge in [0.1, 0.15) is 10.0 Å². The summed E-state index contributed by atoms with van der Waals surface area (Å²) in [5.41, 5.74) is 1.70. The Hall–Kier alpha value is -1.84. The zero-order valence-corrected chi connectivity index (χ0v) is 15.1. The Balaban J connectivity index is 1.75. The maximum absolute atomic E-state index is 12.5. The van der Waals surface area contributed by atoms with Gasteiger partial charge in [-0.1, -0.05) is 0 Å². The van der Waals surface area contributed by atoms with Crippen LogP contribution in [0.25, 0.3) is 0 Å². The number of hydrogen-bond donors (Lipinski definition) is 1. The van der Waals surface area contributed by atoms with Crippen molar-refractivity contribution in [2.45, 2.75) is 37.6 Å². The van der Waals surface area contributed by atoms with Crippen molar-refractivity contribution in [2.75, 3.05) is 6.54 Å². The highest BCUT2D eigenvalue weighted by atomic mass is 32.2. The van der Waals surface area contributed by atoms with Crippen LogP contribution in [-0.2, 0) is 34.3 Å². The number of nitrogens with one attached hydrogen (secondary N) is 1. The van der Waals surface area contributed by atoms with E-state index in [0.29, 0.717) is 25.3 Å². The van der Waals surface area contributed by atoms with E-state index < -0.39 is 10.0 Å². The van der Waals surface area contributed by atoms with E-state index >= 15 is 0 Å². The van der Waals surface area contributed by atoms with E-state index in [9.17, 15) is 13.2 Å². The molecular formula is C15H18N4O3S2. The lowest BCUT2D eigenvalue weighted by Crippen LogP contribution is -2.33. The Labute approximate surface area is 144 Å². The maximum atomic E-state index is 12.5. The molecule has 3 heterocycles. The van der Waals surface area contributed by atoms with Gasteiger partial charge >= 0.3 is 0 Å². The van der Waals surface area contributed by atoms with Crippen LogP contribution < -0.4 is 4.72 Å². The number of rotatable bonds is 4. The van der Waals surface area contributed by atoms with Crippen LogP contribution in [0.3, 0.4) is 0 Å². The number of hydrogen-bond acceptors (Lipinski definition) is 6. The standard InChI is InChI=1S/C15H18N4O3S2/c1-10-3-5-16-14(18-10)8-17-24(21,22)15-7-12-9-19(11(2)20)6-4-13(12)23-15/h3,5,7,17H,4,6,8-9H2,1-2H3. The van der Waals surface area contributed by atoms with E-state index in [1.54, 1.807) is 23.2 Å². The van der Waals surface area contributed by atoms with Gasteiger partial charge in [-0.25, -0.2) is 23.1 Å². The fraction of sp³-hybridized carbons (Fsp3) is 0.400. The van der Waals surface area contributed by atoms with Crippen molar-refractivity contribution in [3.05, 3.63) is 40.3 Å². The minimum atomic E-state index is -3.62. The first-order valence-corrected chi connectivity index (χ1v) is 9.80. The molecule has 0 saturated heterocycles. The van der Waals surface area contributed by atoms with E-state index in [4.69, 9.17) is 0 Å². The molecule has 0 bridgehead atoms. The number of sulfonamides is 1. The Morgan fingerprint density at radius 1 is 1.46 bits per heavy atom. The average Bonchev–Trinajstić information content (AvgIpc) is 2.97. The van der Waals surface area contributed by atoms with E-state index in [1.165, 1.54) is 18.3 Å². The fourth-order valence-electron chi connectivity index (χ4n) is 2.52. The Bertz CT molecular complexity index is 877. The monoisotopic (exact) mass is 366 g/mol. The molecule has 7 nitrogen and oxygen atoms in total. The predicted molar refractivity (Wildman–Crippen MR) is 89.9 cm³/mol. The molecule has 0 aromatic carbocycles. The first kappa shape index (κ1) is 17.0. The summed E-state index contributed by atoms with van der Waals surface area (Å²) in [5.74, 6) is 0.439. The lowest BCUT2D eigenvalue weighted by atomic mass is 10.1. The summed E-state index contributed by atoms with van der Waals surface area (Å²) in [4.78, 5) is 22.5. The minimum Gasteiger partial charge on any atom is -0.338 e. The molecule has 0 spiro atoms. The number of thiophene rings is 1. The van der Waals surface area contributed by atoms with Gasteiger partial charge in [0.2, 0.25) is 15.9 Å². The normalized spacial score (nSPS) is 14.5. The zero-order chi connectivity index (χ0) is 17.3. The highest BCUT2D eigenvalue weighted by molar-refractivity contribution is 7.91. The number of fused-ring (bicyclic) bond motifs is 1. The SMILES string of the molecule is CC(=O)N1CCc2sc(S(=O)(=O)NCc3nccc(C)n3)cc2C1. The van der Waals surface area contributed by atoms with E-state index in [1.807, 2.05) is 6.92 Å². The molecule has 0 radical (unpaired) electrons. The number of carbonyl (C=O) groups is 1. The van der Waals surface area contributed by atoms with Crippen LogP contribution in [0.4, 0.5) is 0 Å². The van der Waals surface area contributed by atoms with Crippen molar-refractivity contribution in [3.63, 3.8) is 0 Å². The van der Waals surface area contributed by atoms with Gasteiger partial charge in [-0.3, -0.25) is 4.79 Å². The number of nitrogens with zero attached hydrogens (tertiary/aromatic N) is 3. The van der Waals surface area contributed by atoms with Crippen molar-refractivity contribution in [3.8, 4) is 0 Å². The molecule has 1 N–H and O–H groups in total. The van der Waals surface area contributed by atoms with Gasteiger partial charge in [-0.15, -0.1) is 11.3 Å². The third kappa shape index (κ3) is 3.63. The summed E-state index contributed by atoms with van der Waals surface area (Å²) in [6.45, 7) is 4.50. The molecular weight excluding hydrogens is 348 g/mol. The number of aromatic nitrogens is 2. The Kier molecular flexibility index (Phi) is 4.66. The van der Waals surface area contributed by atoms with Crippen LogP contribution in [0.1, 0.15) is 28.9 Å². The van der Waals surface area contributed by atoms with Crippen molar-refractivity contribution in [2.24, 2.45) is 0 Å². The Morgan fingerprint density at radius 2 is 2.25 bits per heavy atom. The smallest absolute Gasteiger partial charge is 0.250 e. The highest BCUT2D eigenvalue weighted by Gasteiger charge is 2.25. The molecule has 1 amide bonds. The van der Waals surface area contributed by atoms with Crippen LogP contribution in [-0.4, -0.2) is 35.7 Å². The lowest BCUT2D eigenvalue weighted by molar-refractivity contribution is -0.129. The summed E-state index contributed by atoms with van der Waals surface area (Å²) < 4.78 is 27.8. The van der Waals surface area contributed by atoms with Crippen LogP contribution in [0, 0.1) is 6.92 Å². The molecule has 2 aromatic heterocycles. The molecule has 0 unspecified atom stereocenters. The first-order valence-electron chi connectivity index (χ1n) is 7.50. The lowest BCUT2D eigenvalue weighted by Gasteiger charge is -2.25. The third-order valence-corrected chi connectivity index (χ3v) is 6.93. The van der Waals surface area contributed by atoms with Gasteiger partial charge in [-0.05, 0) is 31.0 Å². The largest absolute Gasteiger partial charge is 0.338 e. The summed E-state index contributed by atoms with van der Waals surface area (Å²) in [5, 5.41) is 0. The van der Waals surface area contributed by atoms with Crippen LogP contribution in [0.15, 0.2) is 22.5 Å². The van der Waals surface area contributed by atoms with Gasteiger partial charge in [0.15, 0.2) is 0 Å².